The van der Waals surface area contributed by atoms with Crippen molar-refractivity contribution in [2.45, 2.75) is 33.1 Å². The predicted octanol–water partition coefficient (Wildman–Crippen LogP) is 2.89. The first-order valence-electron chi connectivity index (χ1n) is 3.55. The predicted molar refractivity (Wildman–Crippen MR) is 45.5 cm³/mol. The Morgan fingerprint density at radius 3 is 2.09 bits per heavy atom. The molecule has 0 aliphatic carbocycles. The van der Waals surface area contributed by atoms with E-state index in [0.717, 1.165) is 4.88 Å². The largest absolute Gasteiger partial charge is 0.227 e. The number of halogens is 1. The second-order valence-electron chi connectivity index (χ2n) is 3.68. The Morgan fingerprint density at radius 1 is 1.36 bits per heavy atom. The van der Waals surface area contributed by atoms with E-state index in [0.29, 0.717) is 5.56 Å². The van der Waals surface area contributed by atoms with E-state index in [4.69, 9.17) is 0 Å². The monoisotopic (exact) mass is 173 g/mol. The second-order valence-corrected chi connectivity index (χ2v) is 4.45. The number of rotatable bonds is 0. The summed E-state index contributed by atoms with van der Waals surface area (Å²) in [6, 6.07) is 0. The molecule has 62 valence electrons. The Morgan fingerprint density at radius 2 is 1.91 bits per heavy atom. The van der Waals surface area contributed by atoms with E-state index in [9.17, 15) is 4.39 Å². The summed E-state index contributed by atoms with van der Waals surface area (Å²) in [4.78, 5) is 1.04. The van der Waals surface area contributed by atoms with Crippen molar-refractivity contribution >= 4 is 11.5 Å². The molecule has 0 aliphatic heterocycles. The zero-order chi connectivity index (χ0) is 8.65. The first-order chi connectivity index (χ1) is 4.93. The van der Waals surface area contributed by atoms with Crippen LogP contribution in [0.5, 0.6) is 0 Å². The standard InChI is InChI=1S/C8H12FNS/c1-5-6(8(2,3)4)11-10-7(5)9/h1-4H3. The lowest BCUT2D eigenvalue weighted by atomic mass is 9.92. The van der Waals surface area contributed by atoms with Gasteiger partial charge in [-0.1, -0.05) is 20.8 Å². The smallest absolute Gasteiger partial charge is 0.184 e. The van der Waals surface area contributed by atoms with E-state index in [-0.39, 0.29) is 11.4 Å². The summed E-state index contributed by atoms with van der Waals surface area (Å²) in [5, 5.41) is 0. The minimum atomic E-state index is -0.320. The van der Waals surface area contributed by atoms with Crippen molar-refractivity contribution in [1.29, 1.82) is 0 Å². The van der Waals surface area contributed by atoms with E-state index in [1.165, 1.54) is 11.5 Å². The average molecular weight is 173 g/mol. The van der Waals surface area contributed by atoms with Crippen LogP contribution in [0.4, 0.5) is 4.39 Å². The average Bonchev–Trinajstić information content (AvgIpc) is 2.11. The van der Waals surface area contributed by atoms with Gasteiger partial charge in [-0.05, 0) is 23.9 Å². The summed E-state index contributed by atoms with van der Waals surface area (Å²) in [5.41, 5.74) is 0.717. The molecular formula is C8H12FNS. The maximum Gasteiger partial charge on any atom is 0.227 e. The van der Waals surface area contributed by atoms with Gasteiger partial charge in [0.2, 0.25) is 5.95 Å². The third-order valence-electron chi connectivity index (χ3n) is 1.55. The number of aromatic nitrogens is 1. The van der Waals surface area contributed by atoms with Gasteiger partial charge in [0, 0.05) is 10.4 Å². The maximum atomic E-state index is 12.8. The van der Waals surface area contributed by atoms with Crippen molar-refractivity contribution in [3.05, 3.63) is 16.4 Å². The zero-order valence-electron chi connectivity index (χ0n) is 7.23. The Bertz CT molecular complexity index is 260. The molecule has 1 aromatic heterocycles. The molecule has 0 saturated carbocycles. The van der Waals surface area contributed by atoms with Gasteiger partial charge in [-0.25, -0.2) is 0 Å². The molecule has 1 aromatic rings. The van der Waals surface area contributed by atoms with Crippen LogP contribution < -0.4 is 0 Å². The van der Waals surface area contributed by atoms with Crippen LogP contribution in [0.3, 0.4) is 0 Å². The molecule has 11 heavy (non-hydrogen) atoms. The maximum absolute atomic E-state index is 12.8. The van der Waals surface area contributed by atoms with Gasteiger partial charge in [0.25, 0.3) is 0 Å². The summed E-state index contributed by atoms with van der Waals surface area (Å²) in [7, 11) is 0. The van der Waals surface area contributed by atoms with E-state index >= 15 is 0 Å². The lowest BCUT2D eigenvalue weighted by Gasteiger charge is -2.15. The topological polar surface area (TPSA) is 12.9 Å². The Hall–Kier alpha value is -0.440. The minimum absolute atomic E-state index is 0.0199. The van der Waals surface area contributed by atoms with Crippen molar-refractivity contribution < 1.29 is 4.39 Å². The summed E-state index contributed by atoms with van der Waals surface area (Å²) in [6.07, 6.45) is 0. The van der Waals surface area contributed by atoms with Gasteiger partial charge < -0.3 is 0 Å². The van der Waals surface area contributed by atoms with Crippen LogP contribution >= 0.6 is 11.5 Å². The Balaban J connectivity index is 3.15. The highest BCUT2D eigenvalue weighted by Gasteiger charge is 2.21. The van der Waals surface area contributed by atoms with Crippen LogP contribution in [0.25, 0.3) is 0 Å². The Labute approximate surface area is 70.4 Å². The lowest BCUT2D eigenvalue weighted by Crippen LogP contribution is -2.10. The minimum Gasteiger partial charge on any atom is -0.184 e. The summed E-state index contributed by atoms with van der Waals surface area (Å²) >= 11 is 1.26. The summed E-state index contributed by atoms with van der Waals surface area (Å²) in [6.45, 7) is 7.96. The van der Waals surface area contributed by atoms with Crippen molar-refractivity contribution in [2.24, 2.45) is 0 Å². The van der Waals surface area contributed by atoms with Gasteiger partial charge in [-0.15, -0.1) is 0 Å². The van der Waals surface area contributed by atoms with Gasteiger partial charge in [0.15, 0.2) is 0 Å². The third kappa shape index (κ3) is 1.59. The molecule has 0 aliphatic rings. The summed E-state index contributed by atoms with van der Waals surface area (Å²) < 4.78 is 16.4. The third-order valence-corrected chi connectivity index (χ3v) is 2.90. The first kappa shape index (κ1) is 8.65. The van der Waals surface area contributed by atoms with Crippen LogP contribution in [0.15, 0.2) is 0 Å². The SMILES string of the molecule is Cc1c(F)nsc1C(C)(C)C. The van der Waals surface area contributed by atoms with E-state index in [1.807, 2.05) is 0 Å². The molecule has 0 saturated heterocycles. The molecule has 0 atom stereocenters. The van der Waals surface area contributed by atoms with Crippen molar-refractivity contribution in [3.63, 3.8) is 0 Å². The normalized spacial score (nSPS) is 12.1. The van der Waals surface area contributed by atoms with Crippen LogP contribution in [0.2, 0.25) is 0 Å². The van der Waals surface area contributed by atoms with Gasteiger partial charge in [0.05, 0.1) is 0 Å². The number of hydrogen-bond acceptors (Lipinski definition) is 2. The van der Waals surface area contributed by atoms with E-state index < -0.39 is 0 Å². The first-order valence-corrected chi connectivity index (χ1v) is 4.32. The molecule has 0 bridgehead atoms. The molecule has 1 rings (SSSR count). The molecule has 0 aromatic carbocycles. The van der Waals surface area contributed by atoms with Crippen LogP contribution in [0.1, 0.15) is 31.2 Å². The molecule has 0 spiro atoms. The highest BCUT2D eigenvalue weighted by atomic mass is 32.1. The molecule has 0 amide bonds. The van der Waals surface area contributed by atoms with Crippen LogP contribution in [-0.2, 0) is 5.41 Å². The molecule has 0 radical (unpaired) electrons. The van der Waals surface area contributed by atoms with Crippen LogP contribution in [-0.4, -0.2) is 4.37 Å². The van der Waals surface area contributed by atoms with Gasteiger partial charge in [-0.2, -0.15) is 8.76 Å². The second kappa shape index (κ2) is 2.55. The number of hydrogen-bond donors (Lipinski definition) is 0. The highest BCUT2D eigenvalue weighted by Crippen LogP contribution is 2.30. The van der Waals surface area contributed by atoms with Gasteiger partial charge in [-0.3, -0.25) is 0 Å². The number of nitrogens with zero attached hydrogens (tertiary/aromatic N) is 1. The van der Waals surface area contributed by atoms with Gasteiger partial charge >= 0.3 is 0 Å². The molecule has 1 nitrogen and oxygen atoms in total. The molecule has 1 heterocycles. The quantitative estimate of drug-likeness (QED) is 0.588. The molecule has 0 N–H and O–H groups in total. The van der Waals surface area contributed by atoms with Crippen molar-refractivity contribution in [3.8, 4) is 0 Å². The van der Waals surface area contributed by atoms with Crippen molar-refractivity contribution in [2.75, 3.05) is 0 Å². The van der Waals surface area contributed by atoms with Crippen molar-refractivity contribution in [1.82, 2.24) is 4.37 Å². The lowest BCUT2D eigenvalue weighted by molar-refractivity contribution is 0.568. The van der Waals surface area contributed by atoms with E-state index in [1.54, 1.807) is 6.92 Å². The molecular weight excluding hydrogens is 161 g/mol. The molecule has 0 fully saturated rings. The fourth-order valence-corrected chi connectivity index (χ4v) is 1.82. The fraction of sp³-hybridized carbons (Fsp3) is 0.625. The zero-order valence-corrected chi connectivity index (χ0v) is 8.05. The summed E-state index contributed by atoms with van der Waals surface area (Å²) in [5.74, 6) is -0.320. The Kier molecular flexibility index (Phi) is 2.01. The van der Waals surface area contributed by atoms with Crippen LogP contribution in [0, 0.1) is 12.9 Å². The van der Waals surface area contributed by atoms with Gasteiger partial charge in [0.1, 0.15) is 0 Å². The highest BCUT2D eigenvalue weighted by molar-refractivity contribution is 7.06. The molecule has 0 unspecified atom stereocenters. The van der Waals surface area contributed by atoms with E-state index in [2.05, 4.69) is 25.1 Å². The fourth-order valence-electron chi connectivity index (χ4n) is 1.02. The molecule has 3 heteroatoms.